The van der Waals surface area contributed by atoms with E-state index >= 15 is 0 Å². The van der Waals surface area contributed by atoms with Crippen molar-refractivity contribution in [2.75, 3.05) is 6.61 Å². The Balaban J connectivity index is 2.23. The lowest BCUT2D eigenvalue weighted by molar-refractivity contribution is 0.144. The van der Waals surface area contributed by atoms with Gasteiger partial charge in [0.2, 0.25) is 0 Å². The summed E-state index contributed by atoms with van der Waals surface area (Å²) in [5.41, 5.74) is 1.01. The molecule has 4 heteroatoms. The van der Waals surface area contributed by atoms with Crippen LogP contribution in [0.5, 0.6) is 11.5 Å². The number of hydrogen-bond donors (Lipinski definition) is 1. The number of carboxylic acid groups (broad SMARTS) is 1. The highest BCUT2D eigenvalue weighted by molar-refractivity contribution is 5.62. The van der Waals surface area contributed by atoms with Gasteiger partial charge in [0.05, 0.1) is 6.61 Å². The van der Waals surface area contributed by atoms with Crippen LogP contribution in [0.15, 0.2) is 18.2 Å². The first kappa shape index (κ1) is 13.7. The van der Waals surface area contributed by atoms with E-state index in [4.69, 9.17) is 9.84 Å². The fourth-order valence-electron chi connectivity index (χ4n) is 1.90. The minimum atomic E-state index is -1.31. The average Bonchev–Trinajstić information content (AvgIpc) is 3.07. The van der Waals surface area contributed by atoms with Crippen LogP contribution < -0.4 is 9.47 Å². The van der Waals surface area contributed by atoms with E-state index in [0.29, 0.717) is 18.3 Å². The van der Waals surface area contributed by atoms with Gasteiger partial charge < -0.3 is 14.6 Å². The zero-order valence-electron chi connectivity index (χ0n) is 11.6. The molecule has 1 aliphatic carbocycles. The number of rotatable bonds is 4. The number of hydrogen-bond acceptors (Lipinski definition) is 3. The van der Waals surface area contributed by atoms with Gasteiger partial charge in [0, 0.05) is 6.07 Å². The first-order chi connectivity index (χ1) is 8.86. The predicted octanol–water partition coefficient (Wildman–Crippen LogP) is 3.83. The maximum atomic E-state index is 10.6. The molecule has 0 amide bonds. The van der Waals surface area contributed by atoms with Gasteiger partial charge in [-0.25, -0.2) is 4.79 Å². The van der Waals surface area contributed by atoms with Gasteiger partial charge in [0.25, 0.3) is 0 Å². The monoisotopic (exact) mass is 264 g/mol. The van der Waals surface area contributed by atoms with Gasteiger partial charge in [-0.2, -0.15) is 0 Å². The number of carbonyl (C=O) groups is 1. The molecule has 1 fully saturated rings. The lowest BCUT2D eigenvalue weighted by Gasteiger charge is -2.23. The number of ether oxygens (including phenoxy) is 2. The quantitative estimate of drug-likeness (QED) is 0.663. The van der Waals surface area contributed by atoms with Crippen LogP contribution in [0.2, 0.25) is 0 Å². The van der Waals surface area contributed by atoms with E-state index in [2.05, 4.69) is 25.5 Å². The van der Waals surface area contributed by atoms with Gasteiger partial charge in [-0.3, -0.25) is 0 Å². The first-order valence-corrected chi connectivity index (χ1v) is 6.54. The molecule has 0 unspecified atom stereocenters. The molecule has 104 valence electrons. The molecule has 1 aliphatic rings. The molecule has 0 atom stereocenters. The van der Waals surface area contributed by atoms with E-state index in [-0.39, 0.29) is 5.41 Å². The van der Waals surface area contributed by atoms with Gasteiger partial charge in [-0.1, -0.05) is 26.8 Å². The van der Waals surface area contributed by atoms with Gasteiger partial charge >= 0.3 is 6.16 Å². The minimum absolute atomic E-state index is 0.0549. The Morgan fingerprint density at radius 1 is 1.37 bits per heavy atom. The van der Waals surface area contributed by atoms with Crippen molar-refractivity contribution in [2.45, 2.75) is 39.0 Å². The Hall–Kier alpha value is -1.71. The second-order valence-corrected chi connectivity index (χ2v) is 6.03. The maximum Gasteiger partial charge on any atom is 0.511 e. The van der Waals surface area contributed by atoms with Gasteiger partial charge in [-0.05, 0) is 35.8 Å². The summed E-state index contributed by atoms with van der Waals surface area (Å²) in [6.45, 7) is 7.00. The van der Waals surface area contributed by atoms with Crippen LogP contribution in [-0.2, 0) is 5.41 Å². The van der Waals surface area contributed by atoms with Crippen molar-refractivity contribution in [3.8, 4) is 11.5 Å². The molecular formula is C15H20O4. The highest BCUT2D eigenvalue weighted by Gasteiger charge is 2.25. The highest BCUT2D eigenvalue weighted by Crippen LogP contribution is 2.36. The van der Waals surface area contributed by atoms with Crippen molar-refractivity contribution in [3.05, 3.63) is 23.8 Å². The van der Waals surface area contributed by atoms with Crippen LogP contribution in [0.1, 0.15) is 39.2 Å². The third-order valence-corrected chi connectivity index (χ3v) is 3.14. The van der Waals surface area contributed by atoms with Crippen LogP contribution >= 0.6 is 0 Å². The molecule has 4 nitrogen and oxygen atoms in total. The summed E-state index contributed by atoms with van der Waals surface area (Å²) in [7, 11) is 0. The zero-order chi connectivity index (χ0) is 14.0. The third kappa shape index (κ3) is 3.88. The summed E-state index contributed by atoms with van der Waals surface area (Å²) in [6, 6.07) is 5.20. The Bertz CT molecular complexity index is 470. The summed E-state index contributed by atoms with van der Waals surface area (Å²) >= 11 is 0. The van der Waals surface area contributed by atoms with E-state index in [9.17, 15) is 4.79 Å². The minimum Gasteiger partial charge on any atom is -0.493 e. The summed E-state index contributed by atoms with van der Waals surface area (Å²) in [5, 5.41) is 8.65. The maximum absolute atomic E-state index is 10.6. The van der Waals surface area contributed by atoms with Gasteiger partial charge in [0.15, 0.2) is 0 Å². The molecule has 0 aromatic heterocycles. The van der Waals surface area contributed by atoms with Crippen LogP contribution in [-0.4, -0.2) is 17.9 Å². The topological polar surface area (TPSA) is 55.8 Å². The molecule has 0 heterocycles. The van der Waals surface area contributed by atoms with E-state index < -0.39 is 6.16 Å². The third-order valence-electron chi connectivity index (χ3n) is 3.14. The van der Waals surface area contributed by atoms with Gasteiger partial charge in [-0.15, -0.1) is 0 Å². The molecular weight excluding hydrogens is 244 g/mol. The summed E-state index contributed by atoms with van der Waals surface area (Å²) < 4.78 is 10.5. The van der Waals surface area contributed by atoms with Crippen molar-refractivity contribution in [3.63, 3.8) is 0 Å². The second kappa shape index (κ2) is 5.11. The van der Waals surface area contributed by atoms with Crippen LogP contribution in [0, 0.1) is 5.92 Å². The molecule has 2 rings (SSSR count). The molecule has 0 radical (unpaired) electrons. The van der Waals surface area contributed by atoms with Gasteiger partial charge in [0.1, 0.15) is 11.5 Å². The zero-order valence-corrected chi connectivity index (χ0v) is 11.6. The smallest absolute Gasteiger partial charge is 0.493 e. The Morgan fingerprint density at radius 3 is 2.58 bits per heavy atom. The largest absolute Gasteiger partial charge is 0.511 e. The van der Waals surface area contributed by atoms with Crippen LogP contribution in [0.25, 0.3) is 0 Å². The summed E-state index contributed by atoms with van der Waals surface area (Å²) in [5.74, 6) is 1.67. The van der Waals surface area contributed by atoms with Crippen LogP contribution in [0.3, 0.4) is 0 Å². The van der Waals surface area contributed by atoms with E-state index in [1.807, 2.05) is 6.07 Å². The van der Waals surface area contributed by atoms with Crippen molar-refractivity contribution in [2.24, 2.45) is 5.92 Å². The fraction of sp³-hybridized carbons (Fsp3) is 0.533. The second-order valence-electron chi connectivity index (χ2n) is 6.03. The molecule has 0 spiro atoms. The molecule has 19 heavy (non-hydrogen) atoms. The number of benzene rings is 1. The van der Waals surface area contributed by atoms with Crippen molar-refractivity contribution in [1.82, 2.24) is 0 Å². The molecule has 1 N–H and O–H groups in total. The lowest BCUT2D eigenvalue weighted by atomic mass is 9.86. The highest BCUT2D eigenvalue weighted by atomic mass is 16.7. The standard InChI is InChI=1S/C15H20O4/c1-15(2,3)12-7-6-11(19-14(16)17)8-13(12)18-9-10-4-5-10/h6-8,10H,4-5,9H2,1-3H3,(H,16,17). The lowest BCUT2D eigenvalue weighted by Crippen LogP contribution is -2.14. The first-order valence-electron chi connectivity index (χ1n) is 6.54. The molecule has 0 aliphatic heterocycles. The molecule has 1 aromatic rings. The van der Waals surface area contributed by atoms with E-state index in [0.717, 1.165) is 11.3 Å². The van der Waals surface area contributed by atoms with Crippen molar-refractivity contribution >= 4 is 6.16 Å². The summed E-state index contributed by atoms with van der Waals surface area (Å²) in [6.07, 6.45) is 1.13. The Kier molecular flexibility index (Phi) is 3.69. The normalized spacial score (nSPS) is 15.1. The Labute approximate surface area is 113 Å². The molecule has 1 saturated carbocycles. The SMILES string of the molecule is CC(C)(C)c1ccc(OC(=O)O)cc1OCC1CC1. The van der Waals surface area contributed by atoms with E-state index in [1.54, 1.807) is 12.1 Å². The average molecular weight is 264 g/mol. The molecule has 0 saturated heterocycles. The predicted molar refractivity (Wildman–Crippen MR) is 72.0 cm³/mol. The van der Waals surface area contributed by atoms with E-state index in [1.165, 1.54) is 12.8 Å². The van der Waals surface area contributed by atoms with Crippen LogP contribution in [0.4, 0.5) is 4.79 Å². The Morgan fingerprint density at radius 2 is 2.05 bits per heavy atom. The van der Waals surface area contributed by atoms with Crippen molar-refractivity contribution < 1.29 is 19.4 Å². The molecule has 0 bridgehead atoms. The molecule has 1 aromatic carbocycles. The fourth-order valence-corrected chi connectivity index (χ4v) is 1.90. The summed E-state index contributed by atoms with van der Waals surface area (Å²) in [4.78, 5) is 10.6. The van der Waals surface area contributed by atoms with Crippen molar-refractivity contribution in [1.29, 1.82) is 0 Å².